The number of furan rings is 1. The zero-order valence-corrected chi connectivity index (χ0v) is 11.9. The van der Waals surface area contributed by atoms with Crippen molar-refractivity contribution in [1.29, 1.82) is 0 Å². The predicted octanol–water partition coefficient (Wildman–Crippen LogP) is 2.25. The van der Waals surface area contributed by atoms with E-state index in [4.69, 9.17) is 4.42 Å². The summed E-state index contributed by atoms with van der Waals surface area (Å²) >= 11 is 1.39. The third kappa shape index (κ3) is 3.42. The molecule has 2 heterocycles. The Kier molecular flexibility index (Phi) is 3.73. The summed E-state index contributed by atoms with van der Waals surface area (Å²) in [6.45, 7) is 3.58. The monoisotopic (exact) mass is 280 g/mol. The molecule has 0 aliphatic carbocycles. The van der Waals surface area contributed by atoms with Crippen LogP contribution in [0.15, 0.2) is 28.4 Å². The van der Waals surface area contributed by atoms with Crippen LogP contribution in [-0.2, 0) is 0 Å². The van der Waals surface area contributed by atoms with Crippen molar-refractivity contribution in [2.24, 2.45) is 0 Å². The molecule has 0 bridgehead atoms. The van der Waals surface area contributed by atoms with Crippen LogP contribution in [0.25, 0.3) is 10.6 Å². The number of carbonyl (C=O) groups is 1. The molecule has 0 aliphatic heterocycles. The van der Waals surface area contributed by atoms with E-state index >= 15 is 0 Å². The summed E-state index contributed by atoms with van der Waals surface area (Å²) in [7, 11) is 1.65. The molecule has 0 aliphatic rings. The van der Waals surface area contributed by atoms with Crippen LogP contribution in [-0.4, -0.2) is 40.1 Å². The molecule has 1 amide bonds. The van der Waals surface area contributed by atoms with Crippen LogP contribution < -0.4 is 0 Å². The van der Waals surface area contributed by atoms with Crippen molar-refractivity contribution >= 4 is 17.2 Å². The van der Waals surface area contributed by atoms with Crippen LogP contribution in [0.3, 0.4) is 0 Å². The number of aliphatic hydroxyl groups is 1. The van der Waals surface area contributed by atoms with Gasteiger partial charge in [-0.25, -0.2) is 4.98 Å². The molecule has 2 rings (SSSR count). The van der Waals surface area contributed by atoms with Gasteiger partial charge in [0.2, 0.25) is 0 Å². The summed E-state index contributed by atoms with van der Waals surface area (Å²) < 4.78 is 4.99. The van der Waals surface area contributed by atoms with Gasteiger partial charge in [-0.05, 0) is 19.9 Å². The van der Waals surface area contributed by atoms with Gasteiger partial charge in [-0.2, -0.15) is 0 Å². The zero-order chi connectivity index (χ0) is 14.0. The van der Waals surface area contributed by atoms with E-state index in [0.29, 0.717) is 5.69 Å². The summed E-state index contributed by atoms with van der Waals surface area (Å²) in [4.78, 5) is 17.9. The van der Waals surface area contributed by atoms with Gasteiger partial charge in [0.25, 0.3) is 5.91 Å². The first-order valence-corrected chi connectivity index (χ1v) is 6.71. The highest BCUT2D eigenvalue weighted by atomic mass is 32.1. The second-order valence-corrected chi connectivity index (χ2v) is 5.88. The molecule has 0 aromatic carbocycles. The minimum absolute atomic E-state index is 0.201. The first-order valence-electron chi connectivity index (χ1n) is 5.83. The number of amides is 1. The maximum atomic E-state index is 12.1. The molecule has 19 heavy (non-hydrogen) atoms. The number of carbonyl (C=O) groups excluding carboxylic acids is 1. The first-order chi connectivity index (χ1) is 8.87. The molecule has 0 radical (unpaired) electrons. The van der Waals surface area contributed by atoms with Crippen LogP contribution in [0.5, 0.6) is 0 Å². The molecular weight excluding hydrogens is 264 g/mol. The predicted molar refractivity (Wildman–Crippen MR) is 73.1 cm³/mol. The van der Waals surface area contributed by atoms with Gasteiger partial charge in [0.05, 0.1) is 11.9 Å². The third-order valence-electron chi connectivity index (χ3n) is 2.46. The highest BCUT2D eigenvalue weighted by Crippen LogP contribution is 2.24. The maximum Gasteiger partial charge on any atom is 0.273 e. The van der Waals surface area contributed by atoms with E-state index in [1.807, 2.05) is 0 Å². The summed E-state index contributed by atoms with van der Waals surface area (Å²) in [5.41, 5.74) is 0.315. The van der Waals surface area contributed by atoms with E-state index in [-0.39, 0.29) is 12.5 Å². The Morgan fingerprint density at radius 1 is 1.58 bits per heavy atom. The van der Waals surface area contributed by atoms with Gasteiger partial charge >= 0.3 is 0 Å². The molecule has 0 unspecified atom stereocenters. The molecule has 0 spiro atoms. The van der Waals surface area contributed by atoms with Gasteiger partial charge in [-0.1, -0.05) is 0 Å². The zero-order valence-electron chi connectivity index (χ0n) is 11.1. The smallest absolute Gasteiger partial charge is 0.273 e. The topological polar surface area (TPSA) is 66.6 Å². The highest BCUT2D eigenvalue weighted by Gasteiger charge is 2.22. The number of hydrogen-bond acceptors (Lipinski definition) is 5. The van der Waals surface area contributed by atoms with Gasteiger partial charge in [-0.3, -0.25) is 4.79 Å². The lowest BCUT2D eigenvalue weighted by Crippen LogP contribution is -2.39. The molecule has 0 saturated carbocycles. The average Bonchev–Trinajstić information content (AvgIpc) is 2.96. The SMILES string of the molecule is CN(CC(C)(C)O)C(=O)c1csc(-c2ccoc2)n1. The Hall–Kier alpha value is -1.66. The number of thiazole rings is 1. The Bertz CT molecular complexity index is 555. The van der Waals surface area contributed by atoms with Crippen LogP contribution in [0, 0.1) is 0 Å². The number of hydrogen-bond donors (Lipinski definition) is 1. The van der Waals surface area contributed by atoms with Crippen LogP contribution in [0.1, 0.15) is 24.3 Å². The first kappa shape index (κ1) is 13.8. The van der Waals surface area contributed by atoms with Gasteiger partial charge < -0.3 is 14.4 Å². The molecular formula is C13H16N2O3S. The average molecular weight is 280 g/mol. The molecule has 1 N–H and O–H groups in total. The number of aromatic nitrogens is 1. The normalized spacial score (nSPS) is 11.6. The lowest BCUT2D eigenvalue weighted by molar-refractivity contribution is 0.0365. The van der Waals surface area contributed by atoms with Crippen molar-refractivity contribution in [2.45, 2.75) is 19.4 Å². The minimum Gasteiger partial charge on any atom is -0.472 e. The molecule has 5 nitrogen and oxygen atoms in total. The van der Waals surface area contributed by atoms with E-state index in [1.54, 1.807) is 44.9 Å². The van der Waals surface area contributed by atoms with Crippen molar-refractivity contribution in [2.75, 3.05) is 13.6 Å². The fourth-order valence-corrected chi connectivity index (χ4v) is 2.52. The Morgan fingerprint density at radius 3 is 2.89 bits per heavy atom. The van der Waals surface area contributed by atoms with Gasteiger partial charge in [0, 0.05) is 24.5 Å². The van der Waals surface area contributed by atoms with Crippen molar-refractivity contribution in [3.63, 3.8) is 0 Å². The molecule has 6 heteroatoms. The molecule has 2 aromatic heterocycles. The summed E-state index contributed by atoms with van der Waals surface area (Å²) in [6.07, 6.45) is 3.16. The fourth-order valence-electron chi connectivity index (χ4n) is 1.74. The minimum atomic E-state index is -0.923. The van der Waals surface area contributed by atoms with E-state index in [0.717, 1.165) is 10.6 Å². The Balaban J connectivity index is 2.12. The fraction of sp³-hybridized carbons (Fsp3) is 0.385. The lowest BCUT2D eigenvalue weighted by atomic mass is 10.1. The van der Waals surface area contributed by atoms with E-state index < -0.39 is 5.60 Å². The third-order valence-corrected chi connectivity index (χ3v) is 3.35. The Labute approximate surface area is 115 Å². The van der Waals surface area contributed by atoms with Crippen molar-refractivity contribution in [3.8, 4) is 10.6 Å². The molecule has 0 fully saturated rings. The van der Waals surface area contributed by atoms with Gasteiger partial charge in [-0.15, -0.1) is 11.3 Å². The number of likely N-dealkylation sites (N-methyl/N-ethyl adjacent to an activating group) is 1. The highest BCUT2D eigenvalue weighted by molar-refractivity contribution is 7.13. The summed E-state index contributed by atoms with van der Waals surface area (Å²) in [5, 5.41) is 12.2. The van der Waals surface area contributed by atoms with E-state index in [9.17, 15) is 9.90 Å². The second-order valence-electron chi connectivity index (χ2n) is 5.02. The standard InChI is InChI=1S/C13H16N2O3S/c1-13(2,17)8-15(3)12(16)10-7-19-11(14-10)9-4-5-18-6-9/h4-7,17H,8H2,1-3H3. The largest absolute Gasteiger partial charge is 0.472 e. The van der Waals surface area contributed by atoms with Gasteiger partial charge in [0.1, 0.15) is 17.0 Å². The van der Waals surface area contributed by atoms with Crippen molar-refractivity contribution in [3.05, 3.63) is 29.7 Å². The van der Waals surface area contributed by atoms with Crippen molar-refractivity contribution in [1.82, 2.24) is 9.88 Å². The second kappa shape index (κ2) is 5.14. The Morgan fingerprint density at radius 2 is 2.32 bits per heavy atom. The molecule has 0 saturated heterocycles. The van der Waals surface area contributed by atoms with Crippen molar-refractivity contribution < 1.29 is 14.3 Å². The molecule has 2 aromatic rings. The quantitative estimate of drug-likeness (QED) is 0.932. The molecule has 102 valence electrons. The number of rotatable bonds is 4. The van der Waals surface area contributed by atoms with Gasteiger partial charge in [0.15, 0.2) is 0 Å². The lowest BCUT2D eigenvalue weighted by Gasteiger charge is -2.24. The summed E-state index contributed by atoms with van der Waals surface area (Å²) in [5.74, 6) is -0.201. The van der Waals surface area contributed by atoms with E-state index in [2.05, 4.69) is 4.98 Å². The van der Waals surface area contributed by atoms with Crippen LogP contribution >= 0.6 is 11.3 Å². The number of nitrogens with zero attached hydrogens (tertiary/aromatic N) is 2. The summed E-state index contributed by atoms with van der Waals surface area (Å²) in [6, 6.07) is 1.80. The maximum absolute atomic E-state index is 12.1. The molecule has 0 atom stereocenters. The van der Waals surface area contributed by atoms with Crippen LogP contribution in [0.2, 0.25) is 0 Å². The van der Waals surface area contributed by atoms with E-state index in [1.165, 1.54) is 16.2 Å². The van der Waals surface area contributed by atoms with Crippen LogP contribution in [0.4, 0.5) is 0 Å².